The number of anilines is 1. The van der Waals surface area contributed by atoms with Crippen LogP contribution < -0.4 is 5.32 Å². The van der Waals surface area contributed by atoms with Gasteiger partial charge in [-0.15, -0.1) is 0 Å². The summed E-state index contributed by atoms with van der Waals surface area (Å²) >= 11 is 0. The van der Waals surface area contributed by atoms with Gasteiger partial charge >= 0.3 is 0 Å². The third kappa shape index (κ3) is 7.13. The van der Waals surface area contributed by atoms with E-state index in [1.165, 1.54) is 23.3 Å². The zero-order valence-electron chi connectivity index (χ0n) is 19.9. The molecule has 1 atom stereocenters. The second-order valence-corrected chi connectivity index (χ2v) is 9.28. The number of hydrogen-bond acceptors (Lipinski definition) is 4. The first kappa shape index (κ1) is 24.4. The Morgan fingerprint density at radius 1 is 0.912 bits per heavy atom. The quantitative estimate of drug-likeness (QED) is 0.434. The molecule has 0 spiro atoms. The molecule has 1 fully saturated rings. The van der Waals surface area contributed by atoms with Crippen LogP contribution in [-0.4, -0.2) is 49.4 Å². The highest BCUT2D eigenvalue weighted by Crippen LogP contribution is 2.28. The number of benzene rings is 3. The molecule has 180 valence electrons. The molecule has 0 amide bonds. The van der Waals surface area contributed by atoms with Gasteiger partial charge in [-0.05, 0) is 84.8 Å². The van der Waals surface area contributed by atoms with E-state index >= 15 is 0 Å². The Balaban J connectivity index is 1.18. The zero-order chi connectivity index (χ0) is 23.8. The fourth-order valence-corrected chi connectivity index (χ4v) is 4.68. The van der Waals surface area contributed by atoms with Crippen LogP contribution in [-0.2, 0) is 17.8 Å². The van der Waals surface area contributed by atoms with E-state index in [0.29, 0.717) is 25.6 Å². The summed E-state index contributed by atoms with van der Waals surface area (Å²) in [7, 11) is 1.69. The van der Waals surface area contributed by atoms with E-state index in [1.807, 2.05) is 36.4 Å². The van der Waals surface area contributed by atoms with E-state index in [-0.39, 0.29) is 5.82 Å². The summed E-state index contributed by atoms with van der Waals surface area (Å²) in [6.07, 6.45) is 2.64. The molecule has 1 heterocycles. The number of hydrogen-bond donors (Lipinski definition) is 2. The van der Waals surface area contributed by atoms with Gasteiger partial charge in [0.15, 0.2) is 0 Å². The van der Waals surface area contributed by atoms with Crippen LogP contribution in [0.25, 0.3) is 0 Å². The second kappa shape index (κ2) is 12.1. The predicted octanol–water partition coefficient (Wildman–Crippen LogP) is 5.22. The maximum atomic E-state index is 13.1. The largest absolute Gasteiger partial charge is 0.390 e. The maximum absolute atomic E-state index is 13.1. The molecule has 5 heteroatoms. The van der Waals surface area contributed by atoms with Crippen LogP contribution in [0.15, 0.2) is 72.8 Å². The summed E-state index contributed by atoms with van der Waals surface area (Å²) in [6.45, 7) is 3.85. The molecule has 0 radical (unpaired) electrons. The molecule has 0 aromatic heterocycles. The van der Waals surface area contributed by atoms with Crippen LogP contribution in [0.2, 0.25) is 0 Å². The van der Waals surface area contributed by atoms with Crippen molar-refractivity contribution in [1.82, 2.24) is 4.90 Å². The van der Waals surface area contributed by atoms with Crippen LogP contribution >= 0.6 is 0 Å². The number of aliphatic hydroxyl groups excluding tert-OH is 1. The van der Waals surface area contributed by atoms with Crippen LogP contribution in [0.5, 0.6) is 0 Å². The number of ether oxygens (including phenoxy) is 1. The van der Waals surface area contributed by atoms with Crippen LogP contribution in [0.3, 0.4) is 0 Å². The topological polar surface area (TPSA) is 44.7 Å². The van der Waals surface area contributed by atoms with E-state index in [4.69, 9.17) is 4.74 Å². The number of likely N-dealkylation sites (tertiary alicyclic amines) is 1. The molecule has 0 bridgehead atoms. The lowest BCUT2D eigenvalue weighted by atomic mass is 9.88. The molecule has 4 rings (SSSR count). The minimum Gasteiger partial charge on any atom is -0.390 e. The number of piperidine rings is 1. The summed E-state index contributed by atoms with van der Waals surface area (Å²) in [5.74, 6) is 0.374. The summed E-state index contributed by atoms with van der Waals surface area (Å²) in [4.78, 5) is 2.37. The second-order valence-electron chi connectivity index (χ2n) is 9.28. The molecule has 4 nitrogen and oxygen atoms in total. The Hall–Kier alpha value is -2.73. The van der Waals surface area contributed by atoms with Crippen molar-refractivity contribution >= 4 is 5.69 Å². The summed E-state index contributed by atoms with van der Waals surface area (Å²) in [5, 5.41) is 13.8. The van der Waals surface area contributed by atoms with Crippen molar-refractivity contribution in [3.8, 4) is 0 Å². The van der Waals surface area contributed by atoms with Gasteiger partial charge in [0.25, 0.3) is 0 Å². The number of nitrogens with zero attached hydrogens (tertiary/aromatic N) is 1. The predicted molar refractivity (Wildman–Crippen MR) is 136 cm³/mol. The van der Waals surface area contributed by atoms with Gasteiger partial charge in [-0.1, -0.05) is 48.5 Å². The van der Waals surface area contributed by atoms with Gasteiger partial charge in [-0.25, -0.2) is 4.39 Å². The SMILES string of the molecule is COCc1ccc(NCC(O)CN2CCC(c3ccc(Cc4ccc(F)cc4)cc3)CC2)cc1. The maximum Gasteiger partial charge on any atom is 0.123 e. The minimum atomic E-state index is -0.402. The van der Waals surface area contributed by atoms with Gasteiger partial charge in [-0.2, -0.15) is 0 Å². The zero-order valence-corrected chi connectivity index (χ0v) is 19.9. The van der Waals surface area contributed by atoms with Crippen molar-refractivity contribution in [1.29, 1.82) is 0 Å². The van der Waals surface area contributed by atoms with Crippen molar-refractivity contribution in [3.05, 3.63) is 101 Å². The Morgan fingerprint density at radius 2 is 1.50 bits per heavy atom. The normalized spacial score (nSPS) is 15.9. The van der Waals surface area contributed by atoms with Gasteiger partial charge in [0, 0.05) is 25.9 Å². The Bertz CT molecular complexity index is 998. The van der Waals surface area contributed by atoms with Gasteiger partial charge < -0.3 is 20.1 Å². The molecule has 3 aromatic carbocycles. The lowest BCUT2D eigenvalue weighted by Crippen LogP contribution is -2.40. The van der Waals surface area contributed by atoms with E-state index in [0.717, 1.165) is 49.2 Å². The molecule has 34 heavy (non-hydrogen) atoms. The van der Waals surface area contributed by atoms with Crippen LogP contribution in [0.1, 0.15) is 41.0 Å². The molecular formula is C29H35FN2O2. The van der Waals surface area contributed by atoms with Crippen LogP contribution in [0, 0.1) is 5.82 Å². The molecule has 0 saturated carbocycles. The number of halogens is 1. The fourth-order valence-electron chi connectivity index (χ4n) is 4.68. The molecule has 0 aliphatic carbocycles. The van der Waals surface area contributed by atoms with Crippen molar-refractivity contribution in [2.75, 3.05) is 38.6 Å². The Kier molecular flexibility index (Phi) is 8.69. The van der Waals surface area contributed by atoms with E-state index in [2.05, 4.69) is 34.5 Å². The number of aliphatic hydroxyl groups is 1. The molecule has 3 aromatic rings. The van der Waals surface area contributed by atoms with Crippen molar-refractivity contribution in [2.45, 2.75) is 37.9 Å². The Morgan fingerprint density at radius 3 is 2.12 bits per heavy atom. The molecule has 1 unspecified atom stereocenters. The third-order valence-electron chi connectivity index (χ3n) is 6.64. The van der Waals surface area contributed by atoms with Crippen molar-refractivity contribution < 1.29 is 14.2 Å². The third-order valence-corrected chi connectivity index (χ3v) is 6.64. The molecule has 1 saturated heterocycles. The average Bonchev–Trinajstić information content (AvgIpc) is 2.86. The van der Waals surface area contributed by atoms with Gasteiger partial charge in [0.2, 0.25) is 0 Å². The van der Waals surface area contributed by atoms with E-state index < -0.39 is 6.10 Å². The minimum absolute atomic E-state index is 0.192. The molecular weight excluding hydrogens is 427 g/mol. The first-order valence-corrected chi connectivity index (χ1v) is 12.1. The molecule has 2 N–H and O–H groups in total. The summed E-state index contributed by atoms with van der Waals surface area (Å²) in [6, 6.07) is 23.8. The summed E-state index contributed by atoms with van der Waals surface area (Å²) in [5.41, 5.74) is 5.91. The number of methoxy groups -OCH3 is 1. The van der Waals surface area contributed by atoms with E-state index in [1.54, 1.807) is 7.11 Å². The number of β-amino-alcohol motifs (C(OH)–C–C–N with tert-alkyl or cyclic N) is 1. The highest BCUT2D eigenvalue weighted by atomic mass is 19.1. The number of rotatable bonds is 10. The first-order chi connectivity index (χ1) is 16.6. The smallest absolute Gasteiger partial charge is 0.123 e. The standard InChI is InChI=1S/C29H35FN2O2/c1-34-21-24-6-12-28(13-7-24)31-19-29(33)20-32-16-14-26(15-17-32)25-8-2-22(3-9-25)18-23-4-10-27(30)11-5-23/h2-13,26,29,31,33H,14-21H2,1H3. The molecule has 1 aliphatic heterocycles. The van der Waals surface area contributed by atoms with Crippen molar-refractivity contribution in [3.63, 3.8) is 0 Å². The monoisotopic (exact) mass is 462 g/mol. The highest BCUT2D eigenvalue weighted by molar-refractivity contribution is 5.44. The van der Waals surface area contributed by atoms with E-state index in [9.17, 15) is 9.50 Å². The average molecular weight is 463 g/mol. The fraction of sp³-hybridized carbons (Fsp3) is 0.379. The number of nitrogens with one attached hydrogen (secondary N) is 1. The first-order valence-electron chi connectivity index (χ1n) is 12.1. The van der Waals surface area contributed by atoms with Crippen molar-refractivity contribution in [2.24, 2.45) is 0 Å². The lowest BCUT2D eigenvalue weighted by molar-refractivity contribution is 0.105. The molecule has 1 aliphatic rings. The van der Waals surface area contributed by atoms with Gasteiger partial charge in [0.05, 0.1) is 12.7 Å². The van der Waals surface area contributed by atoms with Crippen LogP contribution in [0.4, 0.5) is 10.1 Å². The van der Waals surface area contributed by atoms with Gasteiger partial charge in [0.1, 0.15) is 5.82 Å². The summed E-state index contributed by atoms with van der Waals surface area (Å²) < 4.78 is 18.2. The van der Waals surface area contributed by atoms with Gasteiger partial charge in [-0.3, -0.25) is 0 Å². The lowest BCUT2D eigenvalue weighted by Gasteiger charge is -2.33. The highest BCUT2D eigenvalue weighted by Gasteiger charge is 2.22. The Labute approximate surface area is 202 Å².